The summed E-state index contributed by atoms with van der Waals surface area (Å²) in [6, 6.07) is 2.20. The molecular formula is C9H9BrF3NO. The van der Waals surface area contributed by atoms with Gasteiger partial charge in [0.05, 0.1) is 7.11 Å². The van der Waals surface area contributed by atoms with Gasteiger partial charge in [0.15, 0.2) is 0 Å². The Bertz CT molecular complexity index is 354. The first-order valence-electron chi connectivity index (χ1n) is 4.02. The van der Waals surface area contributed by atoms with E-state index < -0.39 is 12.2 Å². The van der Waals surface area contributed by atoms with Gasteiger partial charge in [-0.2, -0.15) is 13.2 Å². The first-order valence-corrected chi connectivity index (χ1v) is 4.81. The molecule has 0 bridgehead atoms. The summed E-state index contributed by atoms with van der Waals surface area (Å²) in [5, 5.41) is 0. The summed E-state index contributed by atoms with van der Waals surface area (Å²) in [6.07, 6.45) is -4.47. The minimum Gasteiger partial charge on any atom is -0.496 e. The van der Waals surface area contributed by atoms with Crippen LogP contribution in [0.15, 0.2) is 22.7 Å². The Morgan fingerprint density at radius 3 is 2.47 bits per heavy atom. The average molecular weight is 284 g/mol. The van der Waals surface area contributed by atoms with Crippen molar-refractivity contribution in [3.63, 3.8) is 0 Å². The monoisotopic (exact) mass is 283 g/mol. The van der Waals surface area contributed by atoms with Crippen molar-refractivity contribution >= 4 is 15.9 Å². The van der Waals surface area contributed by atoms with Crippen molar-refractivity contribution in [1.29, 1.82) is 0 Å². The molecule has 0 aromatic heterocycles. The molecule has 2 N–H and O–H groups in total. The van der Waals surface area contributed by atoms with Crippen molar-refractivity contribution in [3.05, 3.63) is 28.2 Å². The third-order valence-corrected chi connectivity index (χ3v) is 2.38. The van der Waals surface area contributed by atoms with Gasteiger partial charge in [-0.15, -0.1) is 0 Å². The lowest BCUT2D eigenvalue weighted by Gasteiger charge is -2.18. The second-order valence-corrected chi connectivity index (χ2v) is 3.82. The van der Waals surface area contributed by atoms with Crippen LogP contribution in [0, 0.1) is 0 Å². The van der Waals surface area contributed by atoms with Gasteiger partial charge in [0.2, 0.25) is 0 Å². The summed E-state index contributed by atoms with van der Waals surface area (Å²) in [5.74, 6) is 0.120. The lowest BCUT2D eigenvalue weighted by atomic mass is 10.1. The molecule has 0 saturated heterocycles. The van der Waals surface area contributed by atoms with E-state index >= 15 is 0 Å². The molecule has 0 aliphatic heterocycles. The zero-order valence-corrected chi connectivity index (χ0v) is 9.39. The van der Waals surface area contributed by atoms with Crippen molar-refractivity contribution in [2.45, 2.75) is 12.2 Å². The fourth-order valence-corrected chi connectivity index (χ4v) is 1.46. The number of nitrogens with two attached hydrogens (primary N) is 1. The fraction of sp³-hybridized carbons (Fsp3) is 0.333. The number of alkyl halides is 3. The Hall–Kier alpha value is -0.750. The highest BCUT2D eigenvalue weighted by molar-refractivity contribution is 9.10. The number of rotatable bonds is 2. The smallest absolute Gasteiger partial charge is 0.407 e. The van der Waals surface area contributed by atoms with Gasteiger partial charge in [0.1, 0.15) is 11.8 Å². The van der Waals surface area contributed by atoms with Crippen molar-refractivity contribution < 1.29 is 17.9 Å². The number of benzene rings is 1. The van der Waals surface area contributed by atoms with Gasteiger partial charge in [-0.25, -0.2) is 0 Å². The van der Waals surface area contributed by atoms with E-state index in [1.807, 2.05) is 0 Å². The predicted octanol–water partition coefficient (Wildman–Crippen LogP) is 3.02. The number of hydrogen-bond acceptors (Lipinski definition) is 2. The molecule has 1 rings (SSSR count). The quantitative estimate of drug-likeness (QED) is 0.906. The molecular weight excluding hydrogens is 275 g/mol. The molecule has 15 heavy (non-hydrogen) atoms. The SMILES string of the molecule is COc1cc(Br)ccc1C(N)C(F)(F)F. The molecule has 0 radical (unpaired) electrons. The topological polar surface area (TPSA) is 35.2 Å². The van der Waals surface area contributed by atoms with Crippen LogP contribution >= 0.6 is 15.9 Å². The first-order chi connectivity index (χ1) is 6.86. The minimum absolute atomic E-state index is 0.0757. The van der Waals surface area contributed by atoms with E-state index in [4.69, 9.17) is 10.5 Å². The molecule has 1 unspecified atom stereocenters. The molecule has 6 heteroatoms. The second-order valence-electron chi connectivity index (χ2n) is 2.91. The molecule has 0 aliphatic rings. The fourth-order valence-electron chi connectivity index (χ4n) is 1.12. The van der Waals surface area contributed by atoms with E-state index in [-0.39, 0.29) is 11.3 Å². The van der Waals surface area contributed by atoms with Crippen LogP contribution in [0.5, 0.6) is 5.75 Å². The van der Waals surface area contributed by atoms with E-state index in [1.54, 1.807) is 0 Å². The van der Waals surface area contributed by atoms with Crippen LogP contribution in [-0.2, 0) is 0 Å². The highest BCUT2D eigenvalue weighted by Crippen LogP contribution is 2.36. The molecule has 0 saturated carbocycles. The second kappa shape index (κ2) is 4.40. The average Bonchev–Trinajstić information content (AvgIpc) is 2.15. The van der Waals surface area contributed by atoms with Crippen LogP contribution in [0.4, 0.5) is 13.2 Å². The van der Waals surface area contributed by atoms with Crippen LogP contribution in [0.25, 0.3) is 0 Å². The van der Waals surface area contributed by atoms with Crippen molar-refractivity contribution in [2.75, 3.05) is 7.11 Å². The van der Waals surface area contributed by atoms with Gasteiger partial charge in [0, 0.05) is 10.0 Å². The summed E-state index contributed by atoms with van der Waals surface area (Å²) >= 11 is 3.13. The Kier molecular flexibility index (Phi) is 3.62. The molecule has 1 atom stereocenters. The standard InChI is InChI=1S/C9H9BrF3NO/c1-15-7-4-5(10)2-3-6(7)8(14)9(11,12)13/h2-4,8H,14H2,1H3. The molecule has 0 fully saturated rings. The summed E-state index contributed by atoms with van der Waals surface area (Å²) in [5.41, 5.74) is 5.00. The molecule has 0 spiro atoms. The van der Waals surface area contributed by atoms with Crippen molar-refractivity contribution in [1.82, 2.24) is 0 Å². The molecule has 1 aromatic rings. The molecule has 1 aromatic carbocycles. The summed E-state index contributed by atoms with van der Waals surface area (Å²) in [4.78, 5) is 0. The number of halogens is 4. The lowest BCUT2D eigenvalue weighted by molar-refractivity contribution is -0.149. The first kappa shape index (κ1) is 12.3. The van der Waals surface area contributed by atoms with Crippen molar-refractivity contribution in [3.8, 4) is 5.75 Å². The summed E-state index contributed by atoms with van der Waals surface area (Å²) in [7, 11) is 1.30. The van der Waals surface area contributed by atoms with Crippen LogP contribution in [-0.4, -0.2) is 13.3 Å². The summed E-state index contributed by atoms with van der Waals surface area (Å²) < 4.78 is 42.5. The largest absolute Gasteiger partial charge is 0.496 e. The van der Waals surface area contributed by atoms with Gasteiger partial charge in [0.25, 0.3) is 0 Å². The van der Waals surface area contributed by atoms with Crippen LogP contribution in [0.1, 0.15) is 11.6 Å². The van der Waals surface area contributed by atoms with E-state index in [1.165, 1.54) is 25.3 Å². The van der Waals surface area contributed by atoms with Gasteiger partial charge in [-0.1, -0.05) is 22.0 Å². The van der Waals surface area contributed by atoms with E-state index in [2.05, 4.69) is 15.9 Å². The number of hydrogen-bond donors (Lipinski definition) is 1. The Balaban J connectivity index is 3.14. The lowest BCUT2D eigenvalue weighted by Crippen LogP contribution is -2.28. The molecule has 2 nitrogen and oxygen atoms in total. The van der Waals surface area contributed by atoms with Crippen LogP contribution < -0.4 is 10.5 Å². The van der Waals surface area contributed by atoms with Gasteiger partial charge in [-0.05, 0) is 12.1 Å². The summed E-state index contributed by atoms with van der Waals surface area (Å²) in [6.45, 7) is 0. The van der Waals surface area contributed by atoms with Crippen LogP contribution in [0.3, 0.4) is 0 Å². The van der Waals surface area contributed by atoms with Gasteiger partial charge < -0.3 is 10.5 Å². The zero-order valence-electron chi connectivity index (χ0n) is 7.81. The maximum absolute atomic E-state index is 12.4. The molecule has 84 valence electrons. The van der Waals surface area contributed by atoms with Gasteiger partial charge in [-0.3, -0.25) is 0 Å². The van der Waals surface area contributed by atoms with E-state index in [9.17, 15) is 13.2 Å². The third kappa shape index (κ3) is 2.85. The Morgan fingerprint density at radius 2 is 2.00 bits per heavy atom. The van der Waals surface area contributed by atoms with E-state index in [0.717, 1.165) is 0 Å². The van der Waals surface area contributed by atoms with Crippen molar-refractivity contribution in [2.24, 2.45) is 5.73 Å². The highest BCUT2D eigenvalue weighted by atomic mass is 79.9. The van der Waals surface area contributed by atoms with E-state index in [0.29, 0.717) is 4.47 Å². The maximum Gasteiger partial charge on any atom is 0.407 e. The minimum atomic E-state index is -4.47. The number of methoxy groups -OCH3 is 1. The predicted molar refractivity (Wildman–Crippen MR) is 53.7 cm³/mol. The molecule has 0 aliphatic carbocycles. The van der Waals surface area contributed by atoms with Gasteiger partial charge >= 0.3 is 6.18 Å². The Labute approximate surface area is 93.3 Å². The maximum atomic E-state index is 12.4. The zero-order chi connectivity index (χ0) is 11.6. The Morgan fingerprint density at radius 1 is 1.40 bits per heavy atom. The highest BCUT2D eigenvalue weighted by Gasteiger charge is 2.39. The normalized spacial score (nSPS) is 13.7. The molecule has 0 amide bonds. The molecule has 0 heterocycles. The number of ether oxygens (including phenoxy) is 1. The third-order valence-electron chi connectivity index (χ3n) is 1.88. The van der Waals surface area contributed by atoms with Crippen LogP contribution in [0.2, 0.25) is 0 Å².